The molecule has 1 aromatic rings. The molecule has 1 saturated carbocycles. The summed E-state index contributed by atoms with van der Waals surface area (Å²) in [6.07, 6.45) is -4.69. The van der Waals surface area contributed by atoms with Crippen LogP contribution >= 0.6 is 0 Å². The van der Waals surface area contributed by atoms with E-state index in [1.165, 1.54) is 0 Å². The molecule has 0 aromatic heterocycles. The molecule has 29 heavy (non-hydrogen) atoms. The number of alkyl halides is 3. The number of aliphatic carboxylic acids is 2. The third kappa shape index (κ3) is 5.93. The van der Waals surface area contributed by atoms with Gasteiger partial charge in [0.25, 0.3) is 0 Å². The molecule has 0 radical (unpaired) electrons. The van der Waals surface area contributed by atoms with E-state index in [4.69, 9.17) is 9.90 Å². The van der Waals surface area contributed by atoms with Gasteiger partial charge in [-0.05, 0) is 37.1 Å². The molecule has 0 saturated heterocycles. The number of carboxylic acids is 2. The second kappa shape index (κ2) is 8.81. The summed E-state index contributed by atoms with van der Waals surface area (Å²) in [5, 5.41) is 19.4. The number of benzene rings is 1. The summed E-state index contributed by atoms with van der Waals surface area (Å²) in [6, 6.07) is 7.88. The van der Waals surface area contributed by atoms with Crippen molar-refractivity contribution in [2.24, 2.45) is 10.8 Å². The number of carbonyl (C=O) groups excluding carboxylic acids is 1. The fourth-order valence-corrected chi connectivity index (χ4v) is 3.02. The predicted octanol–water partition coefficient (Wildman–Crippen LogP) is 2.50. The Hall–Kier alpha value is -2.62. The maximum Gasteiger partial charge on any atom is 0.490 e. The van der Waals surface area contributed by atoms with E-state index in [0.29, 0.717) is 13.0 Å². The van der Waals surface area contributed by atoms with E-state index in [0.717, 1.165) is 17.7 Å². The van der Waals surface area contributed by atoms with E-state index in [9.17, 15) is 27.9 Å². The molecule has 3 N–H and O–H groups in total. The summed E-state index contributed by atoms with van der Waals surface area (Å²) in [4.78, 5) is 34.8. The van der Waals surface area contributed by atoms with Crippen LogP contribution in [0.2, 0.25) is 0 Å². The van der Waals surface area contributed by atoms with Gasteiger partial charge >= 0.3 is 18.1 Å². The second-order valence-electron chi connectivity index (χ2n) is 7.76. The molecule has 1 aromatic carbocycles. The molecule has 7 nitrogen and oxygen atoms in total. The third-order valence-electron chi connectivity index (χ3n) is 4.78. The average molecular weight is 418 g/mol. The normalized spacial score (nSPS) is 19.7. The van der Waals surface area contributed by atoms with Gasteiger partial charge in [0, 0.05) is 13.1 Å². The van der Waals surface area contributed by atoms with Crippen LogP contribution < -0.4 is 5.32 Å². The Balaban J connectivity index is 0.000000516. The van der Waals surface area contributed by atoms with Crippen molar-refractivity contribution in [3.05, 3.63) is 35.4 Å². The molecule has 10 heteroatoms. The lowest BCUT2D eigenvalue weighted by Gasteiger charge is -2.18. The van der Waals surface area contributed by atoms with E-state index in [1.54, 1.807) is 0 Å². The molecule has 1 fully saturated rings. The fraction of sp³-hybridized carbons (Fsp3) is 0.526. The standard InChI is InChI=1S/C17H24N2O3.C2HF3O2/c1-16(2)11-17(16,15(21)22)14(20)18-9-12-7-5-6-8-13(12)10-19(3)4;3-2(4,5)1(6)7/h5-8H,9-11H2,1-4H3,(H,18,20)(H,21,22);(H,6,7). The van der Waals surface area contributed by atoms with Crippen LogP contribution in [0, 0.1) is 10.8 Å². The van der Waals surface area contributed by atoms with Crippen molar-refractivity contribution < 1.29 is 37.8 Å². The van der Waals surface area contributed by atoms with Crippen molar-refractivity contribution in [2.45, 2.75) is 39.5 Å². The van der Waals surface area contributed by atoms with Gasteiger partial charge in [-0.3, -0.25) is 9.59 Å². The summed E-state index contributed by atoms with van der Waals surface area (Å²) < 4.78 is 31.7. The van der Waals surface area contributed by atoms with Gasteiger partial charge in [0.1, 0.15) is 0 Å². The monoisotopic (exact) mass is 418 g/mol. The molecule has 1 atom stereocenters. The van der Waals surface area contributed by atoms with Gasteiger partial charge in [-0.1, -0.05) is 38.1 Å². The number of carbonyl (C=O) groups is 3. The molecule has 2 rings (SSSR count). The highest BCUT2D eigenvalue weighted by atomic mass is 19.4. The summed E-state index contributed by atoms with van der Waals surface area (Å²) in [6.45, 7) is 4.77. The highest BCUT2D eigenvalue weighted by Crippen LogP contribution is 2.63. The number of halogens is 3. The number of nitrogens with one attached hydrogen (secondary N) is 1. The Kier molecular flexibility index (Phi) is 7.42. The van der Waals surface area contributed by atoms with Gasteiger partial charge in [0.15, 0.2) is 5.41 Å². The van der Waals surface area contributed by atoms with Crippen molar-refractivity contribution in [1.82, 2.24) is 10.2 Å². The van der Waals surface area contributed by atoms with Crippen molar-refractivity contribution in [2.75, 3.05) is 14.1 Å². The number of hydrogen-bond acceptors (Lipinski definition) is 4. The first-order valence-electron chi connectivity index (χ1n) is 8.68. The second-order valence-corrected chi connectivity index (χ2v) is 7.76. The summed E-state index contributed by atoms with van der Waals surface area (Å²) >= 11 is 0. The highest BCUT2D eigenvalue weighted by Gasteiger charge is 2.71. The summed E-state index contributed by atoms with van der Waals surface area (Å²) in [5.74, 6) is -4.17. The van der Waals surface area contributed by atoms with E-state index in [-0.39, 0.29) is 5.91 Å². The number of rotatable bonds is 6. The van der Waals surface area contributed by atoms with E-state index >= 15 is 0 Å². The highest BCUT2D eigenvalue weighted by molar-refractivity contribution is 6.06. The first-order chi connectivity index (χ1) is 13.1. The van der Waals surface area contributed by atoms with Gasteiger partial charge in [-0.15, -0.1) is 0 Å². The third-order valence-corrected chi connectivity index (χ3v) is 4.78. The number of carboxylic acid groups (broad SMARTS) is 2. The zero-order chi connectivity index (χ0) is 22.6. The Morgan fingerprint density at radius 2 is 1.55 bits per heavy atom. The van der Waals surface area contributed by atoms with Gasteiger partial charge < -0.3 is 20.4 Å². The van der Waals surface area contributed by atoms with Crippen LogP contribution in [-0.4, -0.2) is 53.2 Å². The lowest BCUT2D eigenvalue weighted by atomic mass is 9.95. The predicted molar refractivity (Wildman–Crippen MR) is 97.8 cm³/mol. The van der Waals surface area contributed by atoms with Crippen molar-refractivity contribution >= 4 is 17.8 Å². The molecule has 1 amide bonds. The molecule has 162 valence electrons. The first-order valence-corrected chi connectivity index (χ1v) is 8.68. The van der Waals surface area contributed by atoms with Crippen LogP contribution in [0.3, 0.4) is 0 Å². The van der Waals surface area contributed by atoms with Crippen LogP contribution in [-0.2, 0) is 27.5 Å². The maximum atomic E-state index is 12.4. The van der Waals surface area contributed by atoms with Crippen molar-refractivity contribution in [3.8, 4) is 0 Å². The maximum absolute atomic E-state index is 12.4. The molecule has 0 spiro atoms. The molecular formula is C19H25F3N2O5. The SMILES string of the molecule is CN(C)Cc1ccccc1CNC(=O)C1(C(=O)O)CC1(C)C.O=C(O)C(F)(F)F. The molecule has 0 bridgehead atoms. The van der Waals surface area contributed by atoms with E-state index in [1.807, 2.05) is 52.2 Å². The van der Waals surface area contributed by atoms with Crippen LogP contribution in [0.5, 0.6) is 0 Å². The number of nitrogens with zero attached hydrogens (tertiary/aromatic N) is 1. The van der Waals surface area contributed by atoms with Gasteiger partial charge in [-0.25, -0.2) is 4.79 Å². The largest absolute Gasteiger partial charge is 0.490 e. The fourth-order valence-electron chi connectivity index (χ4n) is 3.02. The average Bonchev–Trinajstić information content (AvgIpc) is 3.17. The van der Waals surface area contributed by atoms with Crippen LogP contribution in [0.15, 0.2) is 24.3 Å². The molecule has 0 aliphatic heterocycles. The lowest BCUT2D eigenvalue weighted by molar-refractivity contribution is -0.192. The molecule has 1 unspecified atom stereocenters. The number of amides is 1. The van der Waals surface area contributed by atoms with Crippen LogP contribution in [0.1, 0.15) is 31.4 Å². The minimum absolute atomic E-state index is 0.355. The van der Waals surface area contributed by atoms with E-state index < -0.39 is 28.9 Å². The smallest absolute Gasteiger partial charge is 0.480 e. The van der Waals surface area contributed by atoms with Crippen LogP contribution in [0.25, 0.3) is 0 Å². The first kappa shape index (κ1) is 24.4. The zero-order valence-corrected chi connectivity index (χ0v) is 16.6. The molecule has 1 aliphatic rings. The van der Waals surface area contributed by atoms with Gasteiger partial charge in [-0.2, -0.15) is 13.2 Å². The molecule has 0 heterocycles. The van der Waals surface area contributed by atoms with Crippen LogP contribution in [0.4, 0.5) is 13.2 Å². The minimum Gasteiger partial charge on any atom is -0.480 e. The number of hydrogen-bond donors (Lipinski definition) is 3. The Labute approximate surface area is 166 Å². The Morgan fingerprint density at radius 1 is 1.10 bits per heavy atom. The van der Waals surface area contributed by atoms with Crippen molar-refractivity contribution in [1.29, 1.82) is 0 Å². The molecule has 1 aliphatic carbocycles. The Morgan fingerprint density at radius 3 is 1.90 bits per heavy atom. The summed E-state index contributed by atoms with van der Waals surface area (Å²) in [7, 11) is 3.98. The zero-order valence-electron chi connectivity index (χ0n) is 16.6. The van der Waals surface area contributed by atoms with Crippen molar-refractivity contribution in [3.63, 3.8) is 0 Å². The van der Waals surface area contributed by atoms with Gasteiger partial charge in [0.2, 0.25) is 5.91 Å². The summed E-state index contributed by atoms with van der Waals surface area (Å²) in [5.41, 5.74) is 0.394. The quantitative estimate of drug-likeness (QED) is 0.613. The lowest BCUT2D eigenvalue weighted by Crippen LogP contribution is -2.39. The molecular weight excluding hydrogens is 393 g/mol. The topological polar surface area (TPSA) is 107 Å². The Bertz CT molecular complexity index is 777. The van der Waals surface area contributed by atoms with Gasteiger partial charge in [0.05, 0.1) is 0 Å². The van der Waals surface area contributed by atoms with E-state index in [2.05, 4.69) is 10.2 Å². The minimum atomic E-state index is -5.08.